The standard InChI is InChI=1S/C24H25FN2O6/c1-5-32-23(28)17-12-22(31-4)21(30-3)11-16(17)18(24(29)33-6-2)13-27-20-10-14(25)9-19-15(20)7-8-26-19/h7-13,26-27H,5-6H2,1-4H3. The summed E-state index contributed by atoms with van der Waals surface area (Å²) in [5.41, 5.74) is 1.32. The average molecular weight is 456 g/mol. The van der Waals surface area contributed by atoms with Gasteiger partial charge in [0.15, 0.2) is 11.5 Å². The molecule has 0 fully saturated rings. The molecule has 0 unspecified atom stereocenters. The molecule has 0 spiro atoms. The number of ether oxygens (including phenoxy) is 4. The highest BCUT2D eigenvalue weighted by atomic mass is 19.1. The van der Waals surface area contributed by atoms with E-state index in [0.717, 1.165) is 0 Å². The van der Waals surface area contributed by atoms with Gasteiger partial charge < -0.3 is 29.2 Å². The van der Waals surface area contributed by atoms with Crippen molar-refractivity contribution in [3.05, 3.63) is 59.7 Å². The van der Waals surface area contributed by atoms with Gasteiger partial charge in [-0.3, -0.25) is 0 Å². The highest BCUT2D eigenvalue weighted by Crippen LogP contribution is 2.35. The minimum atomic E-state index is -0.690. The van der Waals surface area contributed by atoms with E-state index in [1.54, 1.807) is 26.1 Å². The van der Waals surface area contributed by atoms with Crippen LogP contribution in [0.1, 0.15) is 29.8 Å². The van der Waals surface area contributed by atoms with E-state index in [9.17, 15) is 14.0 Å². The number of methoxy groups -OCH3 is 2. The number of hydrogen-bond acceptors (Lipinski definition) is 7. The number of halogens is 1. The Morgan fingerprint density at radius 3 is 2.30 bits per heavy atom. The minimum Gasteiger partial charge on any atom is -0.493 e. The summed E-state index contributed by atoms with van der Waals surface area (Å²) in [5, 5.41) is 3.69. The number of carbonyl (C=O) groups is 2. The fraction of sp³-hybridized carbons (Fsp3) is 0.250. The van der Waals surface area contributed by atoms with E-state index in [4.69, 9.17) is 18.9 Å². The van der Waals surface area contributed by atoms with E-state index in [-0.39, 0.29) is 29.9 Å². The van der Waals surface area contributed by atoms with Crippen molar-refractivity contribution in [2.24, 2.45) is 0 Å². The van der Waals surface area contributed by atoms with E-state index < -0.39 is 17.8 Å². The first-order chi connectivity index (χ1) is 15.9. The van der Waals surface area contributed by atoms with Gasteiger partial charge in [0.25, 0.3) is 0 Å². The van der Waals surface area contributed by atoms with Gasteiger partial charge >= 0.3 is 11.9 Å². The largest absolute Gasteiger partial charge is 0.493 e. The molecule has 1 heterocycles. The van der Waals surface area contributed by atoms with E-state index >= 15 is 0 Å². The molecule has 2 aromatic carbocycles. The van der Waals surface area contributed by atoms with Crippen LogP contribution in [-0.2, 0) is 14.3 Å². The number of hydrogen-bond donors (Lipinski definition) is 2. The summed E-state index contributed by atoms with van der Waals surface area (Å²) in [5.74, 6) is -1.21. The van der Waals surface area contributed by atoms with Gasteiger partial charge in [-0.05, 0) is 44.2 Å². The van der Waals surface area contributed by atoms with Crippen LogP contribution >= 0.6 is 0 Å². The van der Waals surface area contributed by atoms with Crippen molar-refractivity contribution >= 4 is 34.1 Å². The number of H-pyrrole nitrogens is 1. The number of carbonyl (C=O) groups excluding carboxylic acids is 2. The number of aromatic nitrogens is 1. The molecule has 0 saturated heterocycles. The number of fused-ring (bicyclic) bond motifs is 1. The SMILES string of the molecule is CCOC(=O)C(=CNc1cc(F)cc2[nH]ccc12)c1cc(OC)c(OC)cc1C(=O)OCC. The third-order valence-corrected chi connectivity index (χ3v) is 4.81. The van der Waals surface area contributed by atoms with Crippen LogP contribution in [-0.4, -0.2) is 44.4 Å². The molecule has 9 heteroatoms. The lowest BCUT2D eigenvalue weighted by atomic mass is 9.99. The second-order valence-corrected chi connectivity index (χ2v) is 6.79. The van der Waals surface area contributed by atoms with Crippen LogP contribution in [0.5, 0.6) is 11.5 Å². The third kappa shape index (κ3) is 5.08. The van der Waals surface area contributed by atoms with E-state index in [0.29, 0.717) is 28.1 Å². The van der Waals surface area contributed by atoms with Crippen LogP contribution in [0.3, 0.4) is 0 Å². The molecule has 0 aliphatic rings. The first-order valence-corrected chi connectivity index (χ1v) is 10.3. The van der Waals surface area contributed by atoms with Gasteiger partial charge in [0.1, 0.15) is 5.82 Å². The summed E-state index contributed by atoms with van der Waals surface area (Å²) in [7, 11) is 2.87. The lowest BCUT2D eigenvalue weighted by Gasteiger charge is -2.16. The highest BCUT2D eigenvalue weighted by molar-refractivity contribution is 6.19. The molecule has 3 rings (SSSR count). The summed E-state index contributed by atoms with van der Waals surface area (Å²) in [6, 6.07) is 7.37. The van der Waals surface area contributed by atoms with Crippen LogP contribution in [0.2, 0.25) is 0 Å². The summed E-state index contributed by atoms with van der Waals surface area (Å²) in [4.78, 5) is 28.5. The Hall–Kier alpha value is -4.01. The summed E-state index contributed by atoms with van der Waals surface area (Å²) >= 11 is 0. The summed E-state index contributed by atoms with van der Waals surface area (Å²) in [6.07, 6.45) is 3.04. The van der Waals surface area contributed by atoms with Crippen LogP contribution in [0, 0.1) is 5.82 Å². The quantitative estimate of drug-likeness (QED) is 0.361. The van der Waals surface area contributed by atoms with Crippen molar-refractivity contribution < 1.29 is 32.9 Å². The smallest absolute Gasteiger partial charge is 0.340 e. The molecule has 3 aromatic rings. The van der Waals surface area contributed by atoms with E-state index in [2.05, 4.69) is 10.3 Å². The van der Waals surface area contributed by atoms with Crippen molar-refractivity contribution in [3.8, 4) is 11.5 Å². The second-order valence-electron chi connectivity index (χ2n) is 6.79. The number of rotatable bonds is 9. The Kier molecular flexibility index (Phi) is 7.55. The summed E-state index contributed by atoms with van der Waals surface area (Å²) < 4.78 is 35.1. The second kappa shape index (κ2) is 10.5. The van der Waals surface area contributed by atoms with E-state index in [1.807, 2.05) is 0 Å². The van der Waals surface area contributed by atoms with Gasteiger partial charge in [-0.15, -0.1) is 0 Å². The zero-order valence-corrected chi connectivity index (χ0v) is 18.8. The lowest BCUT2D eigenvalue weighted by molar-refractivity contribution is -0.136. The molecule has 0 amide bonds. The Bertz CT molecular complexity index is 1200. The van der Waals surface area contributed by atoms with Crippen molar-refractivity contribution in [1.82, 2.24) is 4.98 Å². The molecular formula is C24H25FN2O6. The molecule has 0 saturated carbocycles. The molecule has 0 radical (unpaired) electrons. The van der Waals surface area contributed by atoms with Gasteiger partial charge in [-0.2, -0.15) is 0 Å². The molecule has 174 valence electrons. The number of esters is 2. The maximum Gasteiger partial charge on any atom is 0.340 e. The molecule has 8 nitrogen and oxygen atoms in total. The van der Waals surface area contributed by atoms with Crippen molar-refractivity contribution in [3.63, 3.8) is 0 Å². The Balaban J connectivity index is 2.18. The van der Waals surface area contributed by atoms with Gasteiger partial charge in [-0.25, -0.2) is 14.0 Å². The lowest BCUT2D eigenvalue weighted by Crippen LogP contribution is -2.14. The normalized spacial score (nSPS) is 11.2. The molecule has 1 aromatic heterocycles. The Morgan fingerprint density at radius 2 is 1.67 bits per heavy atom. The van der Waals surface area contributed by atoms with Gasteiger partial charge in [0.05, 0.1) is 49.8 Å². The molecule has 33 heavy (non-hydrogen) atoms. The van der Waals surface area contributed by atoms with Gasteiger partial charge in [0.2, 0.25) is 0 Å². The number of nitrogens with one attached hydrogen (secondary N) is 2. The van der Waals surface area contributed by atoms with Gasteiger partial charge in [0, 0.05) is 23.3 Å². The fourth-order valence-electron chi connectivity index (χ4n) is 3.34. The van der Waals surface area contributed by atoms with Crippen LogP contribution in [0.25, 0.3) is 16.5 Å². The van der Waals surface area contributed by atoms with E-state index in [1.165, 1.54) is 44.7 Å². The molecular weight excluding hydrogens is 431 g/mol. The Morgan fingerprint density at radius 1 is 1.00 bits per heavy atom. The zero-order chi connectivity index (χ0) is 24.0. The summed E-state index contributed by atoms with van der Waals surface area (Å²) in [6.45, 7) is 3.59. The van der Waals surface area contributed by atoms with Gasteiger partial charge in [-0.1, -0.05) is 0 Å². The zero-order valence-electron chi connectivity index (χ0n) is 18.8. The topological polar surface area (TPSA) is 98.9 Å². The van der Waals surface area contributed by atoms with Crippen LogP contribution in [0.15, 0.2) is 42.7 Å². The van der Waals surface area contributed by atoms with Crippen molar-refractivity contribution in [2.75, 3.05) is 32.8 Å². The predicted octanol–water partition coefficient (Wildman–Crippen LogP) is 4.52. The van der Waals surface area contributed by atoms with Crippen LogP contribution < -0.4 is 14.8 Å². The van der Waals surface area contributed by atoms with Crippen molar-refractivity contribution in [2.45, 2.75) is 13.8 Å². The Labute approximate surface area is 190 Å². The fourth-order valence-corrected chi connectivity index (χ4v) is 3.34. The predicted molar refractivity (Wildman–Crippen MR) is 122 cm³/mol. The maximum absolute atomic E-state index is 14.1. The molecule has 0 aliphatic heterocycles. The molecule has 2 N–H and O–H groups in total. The maximum atomic E-state index is 14.1. The minimum absolute atomic E-state index is 0.0220. The first kappa shape index (κ1) is 23.6. The molecule has 0 atom stereocenters. The number of aromatic amines is 1. The molecule has 0 bridgehead atoms. The third-order valence-electron chi connectivity index (χ3n) is 4.81. The molecule has 0 aliphatic carbocycles. The first-order valence-electron chi connectivity index (χ1n) is 10.3. The monoisotopic (exact) mass is 456 g/mol. The van der Waals surface area contributed by atoms with Crippen LogP contribution in [0.4, 0.5) is 10.1 Å². The highest BCUT2D eigenvalue weighted by Gasteiger charge is 2.25. The number of anilines is 1. The average Bonchev–Trinajstić information content (AvgIpc) is 3.27. The van der Waals surface area contributed by atoms with Crippen molar-refractivity contribution in [1.29, 1.82) is 0 Å². The number of benzene rings is 2.